The highest BCUT2D eigenvalue weighted by atomic mass is 79.9. The molecule has 1 aromatic carbocycles. The zero-order chi connectivity index (χ0) is 14.7. The van der Waals surface area contributed by atoms with E-state index in [0.29, 0.717) is 5.95 Å². The van der Waals surface area contributed by atoms with Gasteiger partial charge in [0.1, 0.15) is 5.82 Å². The van der Waals surface area contributed by atoms with E-state index in [1.165, 1.54) is 5.56 Å². The molecule has 5 nitrogen and oxygen atoms in total. The van der Waals surface area contributed by atoms with E-state index in [2.05, 4.69) is 49.1 Å². The van der Waals surface area contributed by atoms with Gasteiger partial charge in [-0.2, -0.15) is 4.98 Å². The van der Waals surface area contributed by atoms with Crippen LogP contribution in [0.5, 0.6) is 0 Å². The molecule has 3 rings (SSSR count). The second-order valence-corrected chi connectivity index (χ2v) is 5.78. The molecule has 0 aliphatic carbocycles. The van der Waals surface area contributed by atoms with E-state index in [0.717, 1.165) is 42.3 Å². The molecule has 0 bridgehead atoms. The average molecular weight is 349 g/mol. The first-order valence-electron chi connectivity index (χ1n) is 6.91. The van der Waals surface area contributed by atoms with Crippen LogP contribution in [-0.4, -0.2) is 36.3 Å². The monoisotopic (exact) mass is 348 g/mol. The van der Waals surface area contributed by atoms with Crippen molar-refractivity contribution in [2.24, 2.45) is 0 Å². The molecule has 0 unspecified atom stereocenters. The number of nitrogens with zero attached hydrogens (tertiary/aromatic N) is 3. The molecule has 1 saturated heterocycles. The second kappa shape index (κ2) is 6.41. The zero-order valence-corrected chi connectivity index (χ0v) is 13.4. The number of rotatable bonds is 3. The van der Waals surface area contributed by atoms with Crippen molar-refractivity contribution >= 4 is 33.4 Å². The first kappa shape index (κ1) is 14.3. The van der Waals surface area contributed by atoms with Gasteiger partial charge in [0, 0.05) is 29.4 Å². The van der Waals surface area contributed by atoms with Crippen LogP contribution in [0.1, 0.15) is 5.56 Å². The highest BCUT2D eigenvalue weighted by Crippen LogP contribution is 2.23. The maximum absolute atomic E-state index is 5.37. The standard InChI is InChI=1S/C15H17BrN4O/c1-11-2-3-12(10-13(11)16)18-15-17-5-4-14(19-15)20-6-8-21-9-7-20/h2-5,10H,6-9H2,1H3,(H,17,18,19). The van der Waals surface area contributed by atoms with Crippen molar-refractivity contribution in [3.05, 3.63) is 40.5 Å². The van der Waals surface area contributed by atoms with E-state index >= 15 is 0 Å². The van der Waals surface area contributed by atoms with Gasteiger partial charge in [-0.25, -0.2) is 4.98 Å². The number of nitrogens with one attached hydrogen (secondary N) is 1. The summed E-state index contributed by atoms with van der Waals surface area (Å²) in [5.41, 5.74) is 2.16. The summed E-state index contributed by atoms with van der Waals surface area (Å²) in [4.78, 5) is 11.1. The molecular formula is C15H17BrN4O. The minimum absolute atomic E-state index is 0.606. The number of hydrogen-bond donors (Lipinski definition) is 1. The van der Waals surface area contributed by atoms with Gasteiger partial charge >= 0.3 is 0 Å². The SMILES string of the molecule is Cc1ccc(Nc2nccc(N3CCOCC3)n2)cc1Br. The Morgan fingerprint density at radius 3 is 2.81 bits per heavy atom. The van der Waals surface area contributed by atoms with Crippen molar-refractivity contribution in [2.45, 2.75) is 6.92 Å². The van der Waals surface area contributed by atoms with E-state index < -0.39 is 0 Å². The van der Waals surface area contributed by atoms with E-state index in [1.54, 1.807) is 6.20 Å². The fraction of sp³-hybridized carbons (Fsp3) is 0.333. The maximum atomic E-state index is 5.37. The number of hydrogen-bond acceptors (Lipinski definition) is 5. The fourth-order valence-electron chi connectivity index (χ4n) is 2.18. The predicted octanol–water partition coefficient (Wildman–Crippen LogP) is 3.13. The van der Waals surface area contributed by atoms with Gasteiger partial charge in [-0.1, -0.05) is 22.0 Å². The Morgan fingerprint density at radius 1 is 1.24 bits per heavy atom. The molecule has 1 aliphatic heterocycles. The fourth-order valence-corrected chi connectivity index (χ4v) is 2.56. The summed E-state index contributed by atoms with van der Waals surface area (Å²) < 4.78 is 6.43. The third-order valence-corrected chi connectivity index (χ3v) is 4.26. The molecule has 21 heavy (non-hydrogen) atoms. The molecule has 2 aromatic rings. The molecule has 0 atom stereocenters. The van der Waals surface area contributed by atoms with Gasteiger partial charge in [0.25, 0.3) is 0 Å². The number of halogens is 1. The Labute approximate surface area is 132 Å². The van der Waals surface area contributed by atoms with Crippen molar-refractivity contribution < 1.29 is 4.74 Å². The van der Waals surface area contributed by atoms with Gasteiger partial charge in [0.05, 0.1) is 13.2 Å². The highest BCUT2D eigenvalue weighted by molar-refractivity contribution is 9.10. The summed E-state index contributed by atoms with van der Waals surface area (Å²) >= 11 is 3.53. The van der Waals surface area contributed by atoms with Crippen molar-refractivity contribution in [2.75, 3.05) is 36.5 Å². The zero-order valence-electron chi connectivity index (χ0n) is 11.8. The number of morpholine rings is 1. The Kier molecular flexibility index (Phi) is 4.36. The Bertz CT molecular complexity index is 629. The van der Waals surface area contributed by atoms with Crippen LogP contribution in [0.3, 0.4) is 0 Å². The van der Waals surface area contributed by atoms with Crippen LogP contribution in [0.25, 0.3) is 0 Å². The number of ether oxygens (including phenoxy) is 1. The molecule has 0 amide bonds. The molecule has 0 radical (unpaired) electrons. The first-order valence-corrected chi connectivity index (χ1v) is 7.70. The van der Waals surface area contributed by atoms with Gasteiger partial charge in [-0.3, -0.25) is 0 Å². The second-order valence-electron chi connectivity index (χ2n) is 4.93. The number of aryl methyl sites for hydroxylation is 1. The maximum Gasteiger partial charge on any atom is 0.229 e. The summed E-state index contributed by atoms with van der Waals surface area (Å²) in [5, 5.41) is 3.24. The van der Waals surface area contributed by atoms with E-state index in [4.69, 9.17) is 4.74 Å². The van der Waals surface area contributed by atoms with Crippen LogP contribution in [0.4, 0.5) is 17.5 Å². The lowest BCUT2D eigenvalue weighted by Crippen LogP contribution is -2.36. The van der Waals surface area contributed by atoms with Crippen molar-refractivity contribution in [3.63, 3.8) is 0 Å². The molecular weight excluding hydrogens is 332 g/mol. The number of benzene rings is 1. The largest absolute Gasteiger partial charge is 0.378 e. The Morgan fingerprint density at radius 2 is 2.05 bits per heavy atom. The summed E-state index contributed by atoms with van der Waals surface area (Å²) in [5.74, 6) is 1.54. The summed E-state index contributed by atoms with van der Waals surface area (Å²) in [7, 11) is 0. The van der Waals surface area contributed by atoms with Crippen LogP contribution in [0.15, 0.2) is 34.9 Å². The lowest BCUT2D eigenvalue weighted by atomic mass is 10.2. The van der Waals surface area contributed by atoms with Gasteiger partial charge < -0.3 is 15.0 Å². The lowest BCUT2D eigenvalue weighted by Gasteiger charge is -2.27. The predicted molar refractivity (Wildman–Crippen MR) is 87.2 cm³/mol. The van der Waals surface area contributed by atoms with Crippen LogP contribution in [0.2, 0.25) is 0 Å². The lowest BCUT2D eigenvalue weighted by molar-refractivity contribution is 0.122. The van der Waals surface area contributed by atoms with Crippen molar-refractivity contribution in [1.29, 1.82) is 0 Å². The van der Waals surface area contributed by atoms with Gasteiger partial charge in [0.2, 0.25) is 5.95 Å². The number of aromatic nitrogens is 2. The van der Waals surface area contributed by atoms with E-state index in [-0.39, 0.29) is 0 Å². The molecule has 6 heteroatoms. The number of anilines is 3. The molecule has 1 aromatic heterocycles. The van der Waals surface area contributed by atoms with Crippen LogP contribution < -0.4 is 10.2 Å². The van der Waals surface area contributed by atoms with Crippen molar-refractivity contribution in [1.82, 2.24) is 9.97 Å². The third-order valence-electron chi connectivity index (χ3n) is 3.40. The summed E-state index contributed by atoms with van der Waals surface area (Å²) in [6.07, 6.45) is 1.78. The summed E-state index contributed by atoms with van der Waals surface area (Å²) in [6, 6.07) is 8.03. The molecule has 0 spiro atoms. The van der Waals surface area contributed by atoms with E-state index in [9.17, 15) is 0 Å². The molecule has 110 valence electrons. The van der Waals surface area contributed by atoms with Crippen LogP contribution in [0, 0.1) is 6.92 Å². The topological polar surface area (TPSA) is 50.3 Å². The van der Waals surface area contributed by atoms with Crippen LogP contribution in [-0.2, 0) is 4.74 Å². The molecule has 1 fully saturated rings. The quantitative estimate of drug-likeness (QED) is 0.923. The Hall–Kier alpha value is -1.66. The van der Waals surface area contributed by atoms with Crippen LogP contribution >= 0.6 is 15.9 Å². The minimum atomic E-state index is 0.606. The normalized spacial score (nSPS) is 15.0. The van der Waals surface area contributed by atoms with Gasteiger partial charge in [-0.15, -0.1) is 0 Å². The van der Waals surface area contributed by atoms with Gasteiger partial charge in [-0.05, 0) is 30.7 Å². The third kappa shape index (κ3) is 3.51. The molecule has 1 N–H and O–H groups in total. The van der Waals surface area contributed by atoms with Gasteiger partial charge in [0.15, 0.2) is 0 Å². The highest BCUT2D eigenvalue weighted by Gasteiger charge is 2.13. The summed E-state index contributed by atoms with van der Waals surface area (Å²) in [6.45, 7) is 5.29. The molecule has 0 saturated carbocycles. The Balaban J connectivity index is 1.77. The minimum Gasteiger partial charge on any atom is -0.378 e. The van der Waals surface area contributed by atoms with Crippen molar-refractivity contribution in [3.8, 4) is 0 Å². The average Bonchev–Trinajstić information content (AvgIpc) is 2.52. The molecule has 2 heterocycles. The smallest absolute Gasteiger partial charge is 0.229 e. The molecule has 1 aliphatic rings. The first-order chi connectivity index (χ1) is 10.2. The van der Waals surface area contributed by atoms with E-state index in [1.807, 2.05) is 18.2 Å².